The molecule has 0 aromatic heterocycles. The van der Waals surface area contributed by atoms with Crippen molar-refractivity contribution >= 4 is 33.3 Å². The molecule has 0 bridgehead atoms. The van der Waals surface area contributed by atoms with Crippen LogP contribution in [0.2, 0.25) is 0 Å². The van der Waals surface area contributed by atoms with Crippen molar-refractivity contribution in [2.24, 2.45) is 0 Å². The number of hydrogen-bond donors (Lipinski definition) is 1. The van der Waals surface area contributed by atoms with E-state index in [1.54, 1.807) is 0 Å². The van der Waals surface area contributed by atoms with E-state index >= 15 is 0 Å². The highest BCUT2D eigenvalue weighted by atomic mass is 32.2. The summed E-state index contributed by atoms with van der Waals surface area (Å²) in [6, 6.07) is 10.9. The Balaban J connectivity index is 1.59. The van der Waals surface area contributed by atoms with Gasteiger partial charge in [0.1, 0.15) is 5.69 Å². The minimum Gasteiger partial charge on any atom is -0.452 e. The average molecular weight is 461 g/mol. The Hall–Kier alpha value is -3.31. The van der Waals surface area contributed by atoms with E-state index in [4.69, 9.17) is 4.74 Å². The van der Waals surface area contributed by atoms with E-state index in [0.717, 1.165) is 25.7 Å². The van der Waals surface area contributed by atoms with Gasteiger partial charge in [-0.2, -0.15) is 4.31 Å². The van der Waals surface area contributed by atoms with Crippen molar-refractivity contribution in [3.05, 3.63) is 64.2 Å². The highest BCUT2D eigenvalue weighted by Crippen LogP contribution is 2.23. The molecule has 0 spiro atoms. The summed E-state index contributed by atoms with van der Waals surface area (Å²) in [5.74, 6) is -1.56. The summed E-state index contributed by atoms with van der Waals surface area (Å²) < 4.78 is 32.0. The summed E-state index contributed by atoms with van der Waals surface area (Å²) in [6.07, 6.45) is 3.64. The van der Waals surface area contributed by atoms with Crippen molar-refractivity contribution in [1.29, 1.82) is 0 Å². The maximum atomic E-state index is 12.8. The zero-order valence-electron chi connectivity index (χ0n) is 17.2. The molecule has 170 valence electrons. The number of nitro groups is 1. The lowest BCUT2D eigenvalue weighted by Crippen LogP contribution is -2.31. The van der Waals surface area contributed by atoms with Crippen LogP contribution in [0.15, 0.2) is 53.4 Å². The second kappa shape index (κ2) is 10.3. The molecule has 32 heavy (non-hydrogen) atoms. The smallest absolute Gasteiger partial charge is 0.338 e. The van der Waals surface area contributed by atoms with Crippen LogP contribution in [0, 0.1) is 10.1 Å². The number of hydrogen-bond acceptors (Lipinski definition) is 7. The first-order valence-electron chi connectivity index (χ1n) is 10.1. The Morgan fingerprint density at radius 2 is 1.62 bits per heavy atom. The summed E-state index contributed by atoms with van der Waals surface area (Å²) in [5, 5.41) is 13.3. The molecule has 2 aromatic carbocycles. The number of anilines is 1. The Labute approximate surface area is 185 Å². The maximum Gasteiger partial charge on any atom is 0.338 e. The standard InChI is InChI=1S/C21H23N3O7S/c25-20(22-18-7-3-4-8-19(18)24(27)28)15-31-21(26)16-9-11-17(12-10-16)32(29,30)23-13-5-1-2-6-14-23/h3-4,7-12H,1-2,5-6,13-15H2,(H,22,25). The van der Waals surface area contributed by atoms with E-state index < -0.39 is 33.4 Å². The molecule has 0 atom stereocenters. The second-order valence-corrected chi connectivity index (χ2v) is 9.18. The van der Waals surface area contributed by atoms with Crippen LogP contribution in [0.25, 0.3) is 0 Å². The third-order valence-corrected chi connectivity index (χ3v) is 6.91. The molecule has 1 amide bonds. The van der Waals surface area contributed by atoms with Crippen LogP contribution in [0.3, 0.4) is 0 Å². The van der Waals surface area contributed by atoms with E-state index in [2.05, 4.69) is 5.32 Å². The van der Waals surface area contributed by atoms with Gasteiger partial charge in [-0.05, 0) is 43.2 Å². The van der Waals surface area contributed by atoms with Gasteiger partial charge >= 0.3 is 5.97 Å². The van der Waals surface area contributed by atoms with Crippen LogP contribution in [-0.4, -0.2) is 49.2 Å². The number of carbonyl (C=O) groups excluding carboxylic acids is 2. The molecule has 10 nitrogen and oxygen atoms in total. The van der Waals surface area contributed by atoms with Gasteiger partial charge < -0.3 is 10.1 Å². The predicted molar refractivity (Wildman–Crippen MR) is 116 cm³/mol. The molecule has 1 saturated heterocycles. The monoisotopic (exact) mass is 461 g/mol. The lowest BCUT2D eigenvalue weighted by Gasteiger charge is -2.19. The lowest BCUT2D eigenvalue weighted by molar-refractivity contribution is -0.383. The van der Waals surface area contributed by atoms with Gasteiger partial charge in [-0.1, -0.05) is 25.0 Å². The molecule has 11 heteroatoms. The lowest BCUT2D eigenvalue weighted by atomic mass is 10.2. The Bertz CT molecular complexity index is 1090. The van der Waals surface area contributed by atoms with Crippen LogP contribution >= 0.6 is 0 Å². The van der Waals surface area contributed by atoms with Gasteiger partial charge in [-0.25, -0.2) is 13.2 Å². The van der Waals surface area contributed by atoms with Gasteiger partial charge in [-0.3, -0.25) is 14.9 Å². The van der Waals surface area contributed by atoms with Gasteiger partial charge in [-0.15, -0.1) is 0 Å². The third kappa shape index (κ3) is 5.68. The van der Waals surface area contributed by atoms with E-state index in [1.165, 1.54) is 52.8 Å². The number of nitro benzene ring substituents is 1. The molecule has 1 N–H and O–H groups in total. The normalized spacial score (nSPS) is 14.9. The average Bonchev–Trinajstić information content (AvgIpc) is 3.08. The highest BCUT2D eigenvalue weighted by molar-refractivity contribution is 7.89. The number of sulfonamides is 1. The largest absolute Gasteiger partial charge is 0.452 e. The summed E-state index contributed by atoms with van der Waals surface area (Å²) in [4.78, 5) is 34.7. The molecule has 0 aliphatic carbocycles. The fourth-order valence-electron chi connectivity index (χ4n) is 3.33. The number of benzene rings is 2. The molecule has 0 unspecified atom stereocenters. The molecule has 1 aliphatic rings. The third-order valence-electron chi connectivity index (χ3n) is 5.00. The van der Waals surface area contributed by atoms with Gasteiger partial charge in [0.2, 0.25) is 10.0 Å². The summed E-state index contributed by atoms with van der Waals surface area (Å²) >= 11 is 0. The molecule has 1 heterocycles. The van der Waals surface area contributed by atoms with Gasteiger partial charge in [0, 0.05) is 19.2 Å². The van der Waals surface area contributed by atoms with E-state index in [-0.39, 0.29) is 21.8 Å². The topological polar surface area (TPSA) is 136 Å². The molecular formula is C21H23N3O7S. The number of esters is 1. The SMILES string of the molecule is O=C(COC(=O)c1ccc(S(=O)(=O)N2CCCCCC2)cc1)Nc1ccccc1[N+](=O)[O-]. The fraction of sp³-hybridized carbons (Fsp3) is 0.333. The first kappa shape index (κ1) is 23.4. The zero-order chi connectivity index (χ0) is 23.1. The van der Waals surface area contributed by atoms with E-state index in [0.29, 0.717) is 13.1 Å². The van der Waals surface area contributed by atoms with Crippen LogP contribution in [0.4, 0.5) is 11.4 Å². The number of carbonyl (C=O) groups is 2. The van der Waals surface area contributed by atoms with Gasteiger partial charge in [0.15, 0.2) is 6.61 Å². The first-order chi connectivity index (χ1) is 15.3. The molecule has 2 aromatic rings. The van der Waals surface area contributed by atoms with Crippen molar-refractivity contribution in [3.8, 4) is 0 Å². The quantitative estimate of drug-likeness (QED) is 0.380. The summed E-state index contributed by atoms with van der Waals surface area (Å²) in [5.41, 5.74) is -0.215. The maximum absolute atomic E-state index is 12.8. The number of amides is 1. The van der Waals surface area contributed by atoms with Crippen molar-refractivity contribution in [3.63, 3.8) is 0 Å². The van der Waals surface area contributed by atoms with Crippen LogP contribution in [0.1, 0.15) is 36.0 Å². The molecule has 0 saturated carbocycles. The molecule has 0 radical (unpaired) electrons. The zero-order valence-corrected chi connectivity index (χ0v) is 18.0. The summed E-state index contributed by atoms with van der Waals surface area (Å²) in [7, 11) is -3.64. The number of nitrogens with one attached hydrogen (secondary N) is 1. The van der Waals surface area contributed by atoms with Crippen LogP contribution in [0.5, 0.6) is 0 Å². The Morgan fingerprint density at radius 3 is 2.25 bits per heavy atom. The van der Waals surface area contributed by atoms with E-state index in [9.17, 15) is 28.1 Å². The molecule has 1 aliphatic heterocycles. The Morgan fingerprint density at radius 1 is 1.00 bits per heavy atom. The summed E-state index contributed by atoms with van der Waals surface area (Å²) in [6.45, 7) is 0.292. The minimum atomic E-state index is -3.64. The Kier molecular flexibility index (Phi) is 7.54. The van der Waals surface area contributed by atoms with Crippen molar-refractivity contribution in [2.45, 2.75) is 30.6 Å². The molecule has 3 rings (SSSR count). The number of nitrogens with zero attached hydrogens (tertiary/aromatic N) is 2. The highest BCUT2D eigenvalue weighted by Gasteiger charge is 2.25. The number of para-hydroxylation sites is 2. The predicted octanol–water partition coefficient (Wildman–Crippen LogP) is 2.96. The molecular weight excluding hydrogens is 438 g/mol. The van der Waals surface area contributed by atoms with Crippen LogP contribution in [-0.2, 0) is 19.6 Å². The van der Waals surface area contributed by atoms with Crippen LogP contribution < -0.4 is 5.32 Å². The number of rotatable bonds is 7. The van der Waals surface area contributed by atoms with Gasteiger partial charge in [0.05, 0.1) is 15.4 Å². The van der Waals surface area contributed by atoms with Crippen molar-refractivity contribution < 1.29 is 27.7 Å². The first-order valence-corrected chi connectivity index (χ1v) is 11.5. The molecule has 1 fully saturated rings. The fourth-order valence-corrected chi connectivity index (χ4v) is 4.85. The minimum absolute atomic E-state index is 0.0124. The second-order valence-electron chi connectivity index (χ2n) is 7.24. The van der Waals surface area contributed by atoms with E-state index in [1.807, 2.05) is 0 Å². The van der Waals surface area contributed by atoms with Crippen molar-refractivity contribution in [2.75, 3.05) is 25.0 Å². The number of ether oxygens (including phenoxy) is 1. The van der Waals surface area contributed by atoms with Crippen molar-refractivity contribution in [1.82, 2.24) is 4.31 Å². The van der Waals surface area contributed by atoms with Gasteiger partial charge in [0.25, 0.3) is 11.6 Å².